The van der Waals surface area contributed by atoms with Crippen LogP contribution in [0.25, 0.3) is 10.4 Å². The van der Waals surface area contributed by atoms with Gasteiger partial charge in [-0.3, -0.25) is 19.2 Å². The second-order valence-electron chi connectivity index (χ2n) is 18.8. The highest BCUT2D eigenvalue weighted by molar-refractivity contribution is 8.77. The summed E-state index contributed by atoms with van der Waals surface area (Å²) in [6, 6.07) is 7.85. The van der Waals surface area contributed by atoms with Gasteiger partial charge < -0.3 is 44.4 Å². The van der Waals surface area contributed by atoms with Crippen LogP contribution in [0.2, 0.25) is 0 Å². The zero-order valence-corrected chi connectivity index (χ0v) is 48.4. The van der Waals surface area contributed by atoms with Crippen LogP contribution in [0.3, 0.4) is 0 Å². The van der Waals surface area contributed by atoms with Crippen LogP contribution in [0.5, 0.6) is 5.75 Å². The molecule has 16 nitrogen and oxygen atoms in total. The van der Waals surface area contributed by atoms with E-state index in [0.717, 1.165) is 57.1 Å². The van der Waals surface area contributed by atoms with Crippen molar-refractivity contribution in [3.05, 3.63) is 40.3 Å². The molecule has 0 aliphatic heterocycles. The molecule has 0 aliphatic rings. The van der Waals surface area contributed by atoms with E-state index in [2.05, 4.69) is 81.4 Å². The lowest BCUT2D eigenvalue weighted by Gasteiger charge is -2.24. The first-order chi connectivity index (χ1) is 33.1. The smallest absolute Gasteiger partial charge is 0.308 e. The molecule has 1 amide bonds. The molecule has 20 heteroatoms. The van der Waals surface area contributed by atoms with Crippen LogP contribution in [0, 0.1) is 23.7 Å². The summed E-state index contributed by atoms with van der Waals surface area (Å²) < 4.78 is 32.5. The number of nitrogens with zero attached hydrogens (tertiary/aromatic N) is 3. The van der Waals surface area contributed by atoms with E-state index in [0.29, 0.717) is 67.2 Å². The van der Waals surface area contributed by atoms with Gasteiger partial charge in [0.25, 0.3) is 5.91 Å². The average molecular weight is 1070 g/mol. The molecule has 1 rings (SSSR count). The topological polar surface area (TPSA) is 209 Å². The Labute approximate surface area is 438 Å². The molecule has 1 unspecified atom stereocenters. The maximum Gasteiger partial charge on any atom is 0.308 e. The van der Waals surface area contributed by atoms with Crippen LogP contribution in [0.4, 0.5) is 0 Å². The van der Waals surface area contributed by atoms with E-state index in [1.165, 1.54) is 0 Å². The number of carbonyl (C=O) groups is 4. The highest BCUT2D eigenvalue weighted by Crippen LogP contribution is 2.35. The number of amides is 1. The number of hydrogen-bond acceptors (Lipinski definition) is 17. The zero-order valence-electron chi connectivity index (χ0n) is 45.1. The summed E-state index contributed by atoms with van der Waals surface area (Å²) in [6.07, 6.45) is 3.77. The number of azide groups is 1. The summed E-state index contributed by atoms with van der Waals surface area (Å²) in [4.78, 5) is 49.1. The zero-order chi connectivity index (χ0) is 53.2. The summed E-state index contributed by atoms with van der Waals surface area (Å²) in [5, 5.41) is 13.3. The van der Waals surface area contributed by atoms with Crippen molar-refractivity contribution >= 4 is 66.6 Å². The number of Topliss-reactive ketones (excluding diaryl/α,β-unsaturated/α-hetero) is 2. The fourth-order valence-electron chi connectivity index (χ4n) is 4.95. The van der Waals surface area contributed by atoms with Crippen molar-refractivity contribution in [1.82, 2.24) is 16.0 Å². The molecule has 0 heterocycles. The minimum absolute atomic E-state index is 0.0127. The van der Waals surface area contributed by atoms with Gasteiger partial charge in [0.15, 0.2) is 12.0 Å². The number of esters is 1. The van der Waals surface area contributed by atoms with Gasteiger partial charge in [0, 0.05) is 77.6 Å². The standard InChI is InChI=1S/C22H34N4O5.C14H29NO3S2.C14H29NO2S2/c1-16(2)7-6-10-24-22(28)18-8-5-9-19(13-18)31-15-21(25-26-23)30-12-11-29-14-20(27)17(3)4;1-11(2)13(16)18-8-7-17-10-19-20-14(5,6)9-15-12(3)4;1-12(2)14(16)7-5-6-9-17-11-19-18-10-8-15-13(3)4/h5,8-9,13,16-17,21H,6-7,10-12,14-15H2,1-4H3,(H,24,28);11-12,15H,7-10H2,1-6H3;12-13,15H,5-11H2,1-4H3. The van der Waals surface area contributed by atoms with E-state index in [4.69, 9.17) is 34.0 Å². The van der Waals surface area contributed by atoms with Gasteiger partial charge in [0.05, 0.1) is 25.7 Å². The molecule has 3 N–H and O–H groups in total. The van der Waals surface area contributed by atoms with Crippen molar-refractivity contribution in [2.45, 2.75) is 152 Å². The van der Waals surface area contributed by atoms with Crippen molar-refractivity contribution in [3.63, 3.8) is 0 Å². The predicted octanol–water partition coefficient (Wildman–Crippen LogP) is 11.2. The number of nitrogens with one attached hydrogen (secondary N) is 3. The quantitative estimate of drug-likeness (QED) is 0.0106. The number of hydrogen-bond donors (Lipinski definition) is 3. The van der Waals surface area contributed by atoms with Crippen LogP contribution < -0.4 is 20.7 Å². The maximum absolute atomic E-state index is 12.3. The van der Waals surface area contributed by atoms with E-state index >= 15 is 0 Å². The Kier molecular flexibility index (Phi) is 45.3. The van der Waals surface area contributed by atoms with E-state index in [1.54, 1.807) is 45.9 Å². The third-order valence-electron chi connectivity index (χ3n) is 9.19. The highest BCUT2D eigenvalue weighted by atomic mass is 33.1. The Morgan fingerprint density at radius 2 is 1.39 bits per heavy atom. The predicted molar refractivity (Wildman–Crippen MR) is 295 cm³/mol. The molecule has 1 aromatic rings. The van der Waals surface area contributed by atoms with Gasteiger partial charge in [-0.05, 0) is 69.2 Å². The highest BCUT2D eigenvalue weighted by Gasteiger charge is 2.19. The lowest BCUT2D eigenvalue weighted by molar-refractivity contribution is -0.148. The van der Waals surface area contributed by atoms with Gasteiger partial charge in [-0.2, -0.15) is 0 Å². The molecule has 0 spiro atoms. The van der Waals surface area contributed by atoms with Crippen molar-refractivity contribution in [1.29, 1.82) is 0 Å². The number of unbranched alkanes of at least 4 members (excludes halogenated alkanes) is 1. The van der Waals surface area contributed by atoms with Crippen molar-refractivity contribution < 1.29 is 47.6 Å². The minimum Gasteiger partial charge on any atom is -0.491 e. The fourth-order valence-corrected chi connectivity index (χ4v) is 8.72. The first-order valence-electron chi connectivity index (χ1n) is 24.8. The average Bonchev–Trinajstić information content (AvgIpc) is 3.30. The second-order valence-corrected chi connectivity index (χ2v) is 24.3. The third kappa shape index (κ3) is 45.6. The largest absolute Gasteiger partial charge is 0.491 e. The molecule has 70 heavy (non-hydrogen) atoms. The van der Waals surface area contributed by atoms with E-state index in [9.17, 15) is 19.2 Å². The molecule has 0 radical (unpaired) electrons. The molecule has 406 valence electrons. The molecule has 1 aromatic carbocycles. The van der Waals surface area contributed by atoms with Gasteiger partial charge in [-0.25, -0.2) is 0 Å². The summed E-state index contributed by atoms with van der Waals surface area (Å²) in [5.74, 6) is 3.59. The summed E-state index contributed by atoms with van der Waals surface area (Å²) in [5.41, 5.74) is 9.21. The number of ether oxygens (including phenoxy) is 6. The summed E-state index contributed by atoms with van der Waals surface area (Å²) >= 11 is 0. The number of benzene rings is 1. The van der Waals surface area contributed by atoms with E-state index in [-0.39, 0.29) is 66.6 Å². The first-order valence-corrected chi connectivity index (χ1v) is 29.6. The maximum atomic E-state index is 12.3. The molecular weight excluding hydrogens is 973 g/mol. The Morgan fingerprint density at radius 3 is 2.01 bits per heavy atom. The third-order valence-corrected chi connectivity index (χ3v) is 14.3. The Hall–Kier alpha value is -2.23. The van der Waals surface area contributed by atoms with Gasteiger partial charge in [0.1, 0.15) is 43.2 Å². The molecule has 1 atom stereocenters. The van der Waals surface area contributed by atoms with Crippen LogP contribution in [0.15, 0.2) is 29.4 Å². The van der Waals surface area contributed by atoms with E-state index in [1.807, 2.05) is 63.1 Å². The summed E-state index contributed by atoms with van der Waals surface area (Å²) in [7, 11) is 7.11. The van der Waals surface area contributed by atoms with Gasteiger partial charge in [-0.1, -0.05) is 137 Å². The molecular formula is C50H92N6O10S4. The number of carbonyl (C=O) groups excluding carboxylic acids is 4. The van der Waals surface area contributed by atoms with Gasteiger partial charge in [0.2, 0.25) is 0 Å². The Bertz CT molecular complexity index is 1550. The van der Waals surface area contributed by atoms with Crippen molar-refractivity contribution in [2.24, 2.45) is 28.8 Å². The van der Waals surface area contributed by atoms with Crippen LogP contribution in [-0.4, -0.2) is 130 Å². The SMILES string of the molecule is CC(C)CCCNC(=O)c1cccc(OCC(N=[N+]=[N-])OCCOCC(=O)C(C)C)c1.CC(C)NCC(C)(C)SSCOCCOC(=O)C(C)C.CC(C)NCCSSCOCCCCC(=O)C(C)C. The summed E-state index contributed by atoms with van der Waals surface area (Å²) in [6.45, 7) is 33.1. The number of rotatable bonds is 40. The normalized spacial score (nSPS) is 11.8. The van der Waals surface area contributed by atoms with Crippen LogP contribution in [0.1, 0.15) is 139 Å². The van der Waals surface area contributed by atoms with E-state index < -0.39 is 6.23 Å². The lowest BCUT2D eigenvalue weighted by atomic mass is 10.0. The molecule has 0 fully saturated rings. The monoisotopic (exact) mass is 1060 g/mol. The van der Waals surface area contributed by atoms with Gasteiger partial charge in [-0.15, -0.1) is 0 Å². The molecule has 0 bridgehead atoms. The van der Waals surface area contributed by atoms with Crippen molar-refractivity contribution in [2.75, 3.05) is 83.5 Å². The van der Waals surface area contributed by atoms with Crippen LogP contribution >= 0.6 is 43.2 Å². The van der Waals surface area contributed by atoms with Crippen LogP contribution in [-0.2, 0) is 38.1 Å². The minimum atomic E-state index is -0.858. The molecule has 0 saturated carbocycles. The molecule has 0 aromatic heterocycles. The Balaban J connectivity index is 0. The molecule has 0 aliphatic carbocycles. The Morgan fingerprint density at radius 1 is 0.729 bits per heavy atom. The first kappa shape index (κ1) is 69.8. The van der Waals surface area contributed by atoms with Gasteiger partial charge >= 0.3 is 5.97 Å². The second kappa shape index (κ2) is 45.4. The fraction of sp³-hybridized carbons (Fsp3) is 0.800. The lowest BCUT2D eigenvalue weighted by Crippen LogP contribution is -2.35. The van der Waals surface area contributed by atoms with Crippen molar-refractivity contribution in [3.8, 4) is 5.75 Å². The number of ketones is 2. The molecule has 0 saturated heterocycles.